The highest BCUT2D eigenvalue weighted by Gasteiger charge is 2.48. The Bertz CT molecular complexity index is 1810. The van der Waals surface area contributed by atoms with Crippen molar-refractivity contribution in [2.75, 3.05) is 58.9 Å². The normalized spacial score (nSPS) is 25.9. The number of hydrogen-bond acceptors (Lipinski definition) is 10. The minimum Gasteiger partial charge on any atom is -0.481 e. The van der Waals surface area contributed by atoms with E-state index in [1.54, 1.807) is 0 Å². The fraction of sp³-hybridized carbons (Fsp3) is 0.632. The van der Waals surface area contributed by atoms with Crippen molar-refractivity contribution in [2.45, 2.75) is 102 Å². The Kier molecular flexibility index (Phi) is 9.77. The van der Waals surface area contributed by atoms with Crippen LogP contribution in [-0.2, 0) is 34.3 Å². The van der Waals surface area contributed by atoms with E-state index in [1.807, 2.05) is 45.6 Å². The van der Waals surface area contributed by atoms with Crippen LogP contribution in [0.5, 0.6) is 0 Å². The van der Waals surface area contributed by atoms with Crippen LogP contribution in [-0.4, -0.2) is 83.5 Å². The lowest BCUT2D eigenvalue weighted by Gasteiger charge is -2.41. The summed E-state index contributed by atoms with van der Waals surface area (Å²) in [5.74, 6) is -6.02. The van der Waals surface area contributed by atoms with Gasteiger partial charge in [-0.3, -0.25) is 9.59 Å². The second-order valence-corrected chi connectivity index (χ2v) is 15.7. The molecule has 2 aromatic rings. The Hall–Kier alpha value is -4.86. The van der Waals surface area contributed by atoms with Gasteiger partial charge in [-0.2, -0.15) is 10.5 Å². The molecule has 12 nitrogen and oxygen atoms in total. The number of alkyl halides is 4. The van der Waals surface area contributed by atoms with Crippen LogP contribution in [0.2, 0.25) is 0 Å². The molecular formula is C38H44F4N8O4. The molecule has 4 saturated heterocycles. The summed E-state index contributed by atoms with van der Waals surface area (Å²) in [7, 11) is 0. The number of fused-ring (bicyclic) bond motifs is 2. The Morgan fingerprint density at radius 3 is 1.37 bits per heavy atom. The topological polar surface area (TPSA) is 161 Å². The average molecular weight is 753 g/mol. The summed E-state index contributed by atoms with van der Waals surface area (Å²) in [5, 5.41) is 37.3. The van der Waals surface area contributed by atoms with Crippen LogP contribution in [0.3, 0.4) is 0 Å². The quantitative estimate of drug-likeness (QED) is 0.314. The van der Waals surface area contributed by atoms with Gasteiger partial charge >= 0.3 is 11.9 Å². The lowest BCUT2D eigenvalue weighted by Crippen LogP contribution is -2.47. The molecule has 2 aromatic heterocycles. The molecule has 0 aromatic carbocycles. The van der Waals surface area contributed by atoms with Gasteiger partial charge in [0.15, 0.2) is 0 Å². The summed E-state index contributed by atoms with van der Waals surface area (Å²) in [5.41, 5.74) is 0.610. The third kappa shape index (κ3) is 6.62. The van der Waals surface area contributed by atoms with Gasteiger partial charge < -0.3 is 29.8 Å². The van der Waals surface area contributed by atoms with E-state index in [-0.39, 0.29) is 84.7 Å². The molecular weight excluding hydrogens is 708 g/mol. The van der Waals surface area contributed by atoms with E-state index in [2.05, 4.69) is 0 Å². The van der Waals surface area contributed by atoms with Crippen molar-refractivity contribution in [3.8, 4) is 12.1 Å². The number of carboxylic acids is 2. The summed E-state index contributed by atoms with van der Waals surface area (Å²) in [6.45, 7) is 7.60. The van der Waals surface area contributed by atoms with Crippen LogP contribution in [0, 0.1) is 34.5 Å². The Labute approximate surface area is 311 Å². The zero-order chi connectivity index (χ0) is 38.7. The summed E-state index contributed by atoms with van der Waals surface area (Å²) >= 11 is 0. The van der Waals surface area contributed by atoms with E-state index in [1.165, 1.54) is 0 Å². The maximum Gasteiger partial charge on any atom is 0.303 e. The number of nitriles is 2. The summed E-state index contributed by atoms with van der Waals surface area (Å²) in [6.07, 6.45) is 3.20. The number of anilines is 4. The summed E-state index contributed by atoms with van der Waals surface area (Å²) in [4.78, 5) is 39.1. The first kappa shape index (κ1) is 37.5. The second-order valence-electron chi connectivity index (χ2n) is 15.7. The monoisotopic (exact) mass is 752 g/mol. The molecule has 54 heavy (non-hydrogen) atoms. The van der Waals surface area contributed by atoms with Crippen LogP contribution >= 0.6 is 0 Å². The number of halogens is 4. The Balaban J connectivity index is 0.000000167. The standard InChI is InChI=1S/2C19H22F2N4O2/c2*1-11-3-7-25(11)18-14(9-22)16-13(2-5-19(16,20)21)17(23-18)24-6-4-12(10-24)8-15(26)27/h2*11-12H,2-8,10H2,1H3,(H,26,27)/t11-,12+;11-,12-/m00/s1. The van der Waals surface area contributed by atoms with E-state index in [0.717, 1.165) is 12.8 Å². The molecule has 6 aliphatic rings. The van der Waals surface area contributed by atoms with E-state index in [0.29, 0.717) is 86.5 Å². The smallest absolute Gasteiger partial charge is 0.303 e. The molecule has 0 bridgehead atoms. The number of pyridine rings is 2. The summed E-state index contributed by atoms with van der Waals surface area (Å²) in [6, 6.07) is 4.33. The van der Waals surface area contributed by atoms with Crippen molar-refractivity contribution in [2.24, 2.45) is 11.8 Å². The zero-order valence-corrected chi connectivity index (χ0v) is 30.4. The number of nitrogens with zero attached hydrogens (tertiary/aromatic N) is 8. The minimum absolute atomic E-state index is 0.00378. The predicted molar refractivity (Wildman–Crippen MR) is 190 cm³/mol. The number of aromatic nitrogens is 2. The van der Waals surface area contributed by atoms with Gasteiger partial charge in [-0.05, 0) is 64.2 Å². The molecule has 0 amide bonds. The maximum absolute atomic E-state index is 14.7. The van der Waals surface area contributed by atoms with Gasteiger partial charge in [0.2, 0.25) is 0 Å². The average Bonchev–Trinajstić information content (AvgIpc) is 3.89. The molecule has 0 unspecified atom stereocenters. The van der Waals surface area contributed by atoms with Gasteiger partial charge in [-0.15, -0.1) is 0 Å². The number of aliphatic carboxylic acids is 2. The van der Waals surface area contributed by atoms with Gasteiger partial charge in [-0.1, -0.05) is 0 Å². The van der Waals surface area contributed by atoms with Crippen LogP contribution in [0.4, 0.5) is 40.8 Å². The molecule has 8 rings (SSSR count). The molecule has 6 heterocycles. The SMILES string of the molecule is C[C@H]1CCN1c1nc(N2CC[C@@H](CC(=O)O)C2)c2c(c1C#N)C(F)(F)CC2.C[C@H]1CCN1c1nc(N2CC[C@H](CC(=O)O)C2)c2c(c1C#N)C(F)(F)CC2. The highest BCUT2D eigenvalue weighted by molar-refractivity contribution is 5.73. The van der Waals surface area contributed by atoms with Crippen LogP contribution in [0.15, 0.2) is 0 Å². The molecule has 288 valence electrons. The van der Waals surface area contributed by atoms with Crippen molar-refractivity contribution in [3.63, 3.8) is 0 Å². The molecule has 4 aliphatic heterocycles. The van der Waals surface area contributed by atoms with E-state index in [9.17, 15) is 37.7 Å². The van der Waals surface area contributed by atoms with Crippen molar-refractivity contribution in [1.29, 1.82) is 10.5 Å². The third-order valence-corrected chi connectivity index (χ3v) is 12.1. The highest BCUT2D eigenvalue weighted by Crippen LogP contribution is 2.51. The molecule has 0 saturated carbocycles. The maximum atomic E-state index is 14.7. The van der Waals surface area contributed by atoms with E-state index < -0.39 is 23.8 Å². The lowest BCUT2D eigenvalue weighted by molar-refractivity contribution is -0.139. The van der Waals surface area contributed by atoms with Crippen LogP contribution in [0.25, 0.3) is 0 Å². The number of carboxylic acid groups (broad SMARTS) is 2. The molecule has 0 radical (unpaired) electrons. The fourth-order valence-electron chi connectivity index (χ4n) is 8.98. The first-order valence-electron chi connectivity index (χ1n) is 18.8. The van der Waals surface area contributed by atoms with Gasteiger partial charge in [0.05, 0.1) is 0 Å². The molecule has 4 fully saturated rings. The van der Waals surface area contributed by atoms with Crippen molar-refractivity contribution in [3.05, 3.63) is 33.4 Å². The lowest BCUT2D eigenvalue weighted by atomic mass is 9.99. The second kappa shape index (κ2) is 14.1. The van der Waals surface area contributed by atoms with E-state index >= 15 is 0 Å². The van der Waals surface area contributed by atoms with Gasteiger partial charge in [-0.25, -0.2) is 27.5 Å². The number of rotatable bonds is 8. The first-order chi connectivity index (χ1) is 25.6. The zero-order valence-electron chi connectivity index (χ0n) is 30.4. The largest absolute Gasteiger partial charge is 0.481 e. The van der Waals surface area contributed by atoms with Crippen molar-refractivity contribution in [1.82, 2.24) is 9.97 Å². The first-order valence-corrected chi connectivity index (χ1v) is 18.8. The molecule has 0 spiro atoms. The Morgan fingerprint density at radius 1 is 0.685 bits per heavy atom. The van der Waals surface area contributed by atoms with Crippen molar-refractivity contribution < 1.29 is 37.4 Å². The van der Waals surface area contributed by atoms with Gasteiger partial charge in [0, 0.05) is 99.3 Å². The fourth-order valence-corrected chi connectivity index (χ4v) is 8.98. The van der Waals surface area contributed by atoms with E-state index in [4.69, 9.17) is 20.2 Å². The molecule has 16 heteroatoms. The molecule has 4 atom stereocenters. The van der Waals surface area contributed by atoms with Gasteiger partial charge in [0.1, 0.15) is 46.5 Å². The molecule has 2 aliphatic carbocycles. The highest BCUT2D eigenvalue weighted by atomic mass is 19.3. The summed E-state index contributed by atoms with van der Waals surface area (Å²) < 4.78 is 58.7. The predicted octanol–water partition coefficient (Wildman–Crippen LogP) is 5.78. The molecule has 2 N–H and O–H groups in total. The minimum atomic E-state index is -3.03. The van der Waals surface area contributed by atoms with Crippen molar-refractivity contribution >= 4 is 35.2 Å². The van der Waals surface area contributed by atoms with Crippen LogP contribution in [0.1, 0.15) is 98.6 Å². The van der Waals surface area contributed by atoms with Crippen LogP contribution < -0.4 is 19.6 Å². The number of hydrogen-bond donors (Lipinski definition) is 2. The third-order valence-electron chi connectivity index (χ3n) is 12.1. The number of carbonyl (C=O) groups is 2. The van der Waals surface area contributed by atoms with Gasteiger partial charge in [0.25, 0.3) is 11.8 Å². The Morgan fingerprint density at radius 2 is 1.07 bits per heavy atom.